The van der Waals surface area contributed by atoms with Crippen molar-refractivity contribution in [3.63, 3.8) is 0 Å². The summed E-state index contributed by atoms with van der Waals surface area (Å²) in [4.78, 5) is 0. The highest BCUT2D eigenvalue weighted by molar-refractivity contribution is 5.94. The Labute approximate surface area is 112 Å². The summed E-state index contributed by atoms with van der Waals surface area (Å²) >= 11 is 0. The van der Waals surface area contributed by atoms with Gasteiger partial charge in [-0.15, -0.1) is 0 Å². The minimum atomic E-state index is -0.565. The first-order valence-corrected chi connectivity index (χ1v) is 6.48. The van der Waals surface area contributed by atoms with Crippen LogP contribution < -0.4 is 9.47 Å². The largest absolute Gasteiger partial charge is 0.496 e. The third-order valence-electron chi connectivity index (χ3n) is 3.85. The van der Waals surface area contributed by atoms with Crippen molar-refractivity contribution < 1.29 is 14.6 Å². The second-order valence-electron chi connectivity index (χ2n) is 5.53. The number of aliphatic hydroxyl groups is 1. The summed E-state index contributed by atoms with van der Waals surface area (Å²) in [6.07, 6.45) is 0.137. The molecule has 0 bridgehead atoms. The second kappa shape index (κ2) is 4.14. The number of aliphatic hydroxyl groups excluding tert-OH is 1. The second-order valence-corrected chi connectivity index (χ2v) is 5.53. The molecule has 0 spiro atoms. The lowest BCUT2D eigenvalue weighted by molar-refractivity contribution is -0.0400. The quantitative estimate of drug-likeness (QED) is 0.854. The normalized spacial score (nSPS) is 20.7. The van der Waals surface area contributed by atoms with Crippen molar-refractivity contribution >= 4 is 10.8 Å². The third-order valence-corrected chi connectivity index (χ3v) is 3.85. The molecule has 0 aromatic heterocycles. The molecule has 0 saturated heterocycles. The molecule has 3 rings (SSSR count). The van der Waals surface area contributed by atoms with E-state index in [0.717, 1.165) is 27.8 Å². The summed E-state index contributed by atoms with van der Waals surface area (Å²) in [5, 5.41) is 12.2. The van der Waals surface area contributed by atoms with Crippen LogP contribution in [0.5, 0.6) is 11.5 Å². The molecule has 0 unspecified atom stereocenters. The monoisotopic (exact) mass is 258 g/mol. The summed E-state index contributed by atoms with van der Waals surface area (Å²) in [5.41, 5.74) is 0.484. The minimum Gasteiger partial charge on any atom is -0.496 e. The molecule has 2 aromatic rings. The van der Waals surface area contributed by atoms with Gasteiger partial charge in [-0.3, -0.25) is 0 Å². The molecule has 1 aliphatic rings. The van der Waals surface area contributed by atoms with E-state index in [1.54, 1.807) is 7.11 Å². The topological polar surface area (TPSA) is 38.7 Å². The zero-order valence-electron chi connectivity index (χ0n) is 11.4. The maximum Gasteiger partial charge on any atom is 0.131 e. The molecule has 3 nitrogen and oxygen atoms in total. The van der Waals surface area contributed by atoms with Crippen LogP contribution in [0, 0.1) is 0 Å². The van der Waals surface area contributed by atoms with Gasteiger partial charge in [-0.25, -0.2) is 0 Å². The summed E-state index contributed by atoms with van der Waals surface area (Å²) in [5.74, 6) is 1.71. The SMILES string of the molecule is COc1cccc2c3c(ccc12)C[C@@H](O)C(C)(C)O3. The highest BCUT2D eigenvalue weighted by Gasteiger charge is 2.36. The number of rotatable bonds is 1. The number of hydrogen-bond acceptors (Lipinski definition) is 3. The molecular weight excluding hydrogens is 240 g/mol. The maximum absolute atomic E-state index is 10.1. The number of ether oxygens (including phenoxy) is 2. The summed E-state index contributed by atoms with van der Waals surface area (Å²) in [7, 11) is 1.67. The predicted molar refractivity (Wildman–Crippen MR) is 74.9 cm³/mol. The maximum atomic E-state index is 10.1. The van der Waals surface area contributed by atoms with Gasteiger partial charge in [-0.2, -0.15) is 0 Å². The molecule has 1 atom stereocenters. The number of fused-ring (bicyclic) bond motifs is 3. The fraction of sp³-hybridized carbons (Fsp3) is 0.375. The van der Waals surface area contributed by atoms with E-state index >= 15 is 0 Å². The smallest absolute Gasteiger partial charge is 0.131 e. The van der Waals surface area contributed by atoms with Crippen molar-refractivity contribution in [3.05, 3.63) is 35.9 Å². The van der Waals surface area contributed by atoms with E-state index in [9.17, 15) is 5.11 Å². The van der Waals surface area contributed by atoms with Gasteiger partial charge in [-0.1, -0.05) is 24.3 Å². The van der Waals surface area contributed by atoms with Crippen LogP contribution >= 0.6 is 0 Å². The molecule has 0 aliphatic carbocycles. The van der Waals surface area contributed by atoms with E-state index in [0.29, 0.717) is 6.42 Å². The van der Waals surface area contributed by atoms with E-state index in [1.807, 2.05) is 44.2 Å². The number of hydrogen-bond donors (Lipinski definition) is 1. The molecule has 19 heavy (non-hydrogen) atoms. The summed E-state index contributed by atoms with van der Waals surface area (Å²) in [6.45, 7) is 3.83. The van der Waals surface area contributed by atoms with Gasteiger partial charge in [0.15, 0.2) is 0 Å². The summed E-state index contributed by atoms with van der Waals surface area (Å²) < 4.78 is 11.4. The molecule has 1 N–H and O–H groups in total. The molecule has 1 aliphatic heterocycles. The average molecular weight is 258 g/mol. The van der Waals surface area contributed by atoms with E-state index in [2.05, 4.69) is 0 Å². The van der Waals surface area contributed by atoms with Crippen LogP contribution in [0.2, 0.25) is 0 Å². The minimum absolute atomic E-state index is 0.483. The van der Waals surface area contributed by atoms with Crippen LogP contribution in [0.25, 0.3) is 10.8 Å². The number of methoxy groups -OCH3 is 1. The van der Waals surface area contributed by atoms with Gasteiger partial charge in [0, 0.05) is 17.2 Å². The van der Waals surface area contributed by atoms with Gasteiger partial charge in [0.05, 0.1) is 13.2 Å². The number of benzene rings is 2. The molecule has 0 amide bonds. The van der Waals surface area contributed by atoms with Gasteiger partial charge in [-0.05, 0) is 25.5 Å². The van der Waals surface area contributed by atoms with E-state index in [-0.39, 0.29) is 0 Å². The Kier molecular flexibility index (Phi) is 2.68. The zero-order chi connectivity index (χ0) is 13.6. The molecule has 3 heteroatoms. The Hall–Kier alpha value is -1.74. The Bertz CT molecular complexity index is 631. The van der Waals surface area contributed by atoms with Gasteiger partial charge >= 0.3 is 0 Å². The standard InChI is InChI=1S/C16H18O3/c1-16(2)14(17)9-10-7-8-11-12(15(10)19-16)5-4-6-13(11)18-3/h4-8,14,17H,9H2,1-3H3/t14-/m1/s1. The van der Waals surface area contributed by atoms with Gasteiger partial charge in [0.25, 0.3) is 0 Å². The van der Waals surface area contributed by atoms with E-state index in [1.165, 1.54) is 0 Å². The first-order chi connectivity index (χ1) is 9.03. The van der Waals surface area contributed by atoms with Crippen LogP contribution in [0.15, 0.2) is 30.3 Å². The van der Waals surface area contributed by atoms with Crippen LogP contribution in [-0.4, -0.2) is 23.9 Å². The van der Waals surface area contributed by atoms with E-state index < -0.39 is 11.7 Å². The predicted octanol–water partition coefficient (Wildman–Crippen LogP) is 2.92. The van der Waals surface area contributed by atoms with Crippen LogP contribution in [0.1, 0.15) is 19.4 Å². The molecule has 0 saturated carbocycles. The zero-order valence-corrected chi connectivity index (χ0v) is 11.4. The lowest BCUT2D eigenvalue weighted by Gasteiger charge is -2.37. The van der Waals surface area contributed by atoms with Crippen molar-refractivity contribution in [2.45, 2.75) is 32.0 Å². The van der Waals surface area contributed by atoms with Crippen molar-refractivity contribution in [2.75, 3.05) is 7.11 Å². The van der Waals surface area contributed by atoms with Crippen LogP contribution in [0.3, 0.4) is 0 Å². The fourth-order valence-electron chi connectivity index (χ4n) is 2.59. The summed E-state index contributed by atoms with van der Waals surface area (Å²) in [6, 6.07) is 9.98. The van der Waals surface area contributed by atoms with Crippen molar-refractivity contribution in [1.82, 2.24) is 0 Å². The lowest BCUT2D eigenvalue weighted by Crippen LogP contribution is -2.46. The molecule has 0 radical (unpaired) electrons. The molecule has 1 heterocycles. The average Bonchev–Trinajstić information content (AvgIpc) is 2.39. The first kappa shape index (κ1) is 12.3. The van der Waals surface area contributed by atoms with Crippen molar-refractivity contribution in [3.8, 4) is 11.5 Å². The third kappa shape index (κ3) is 1.85. The molecule has 0 fully saturated rings. The van der Waals surface area contributed by atoms with Gasteiger partial charge < -0.3 is 14.6 Å². The first-order valence-electron chi connectivity index (χ1n) is 6.48. The Morgan fingerprint density at radius 3 is 2.74 bits per heavy atom. The molecule has 2 aromatic carbocycles. The molecular formula is C16H18O3. The van der Waals surface area contributed by atoms with Crippen molar-refractivity contribution in [1.29, 1.82) is 0 Å². The highest BCUT2D eigenvalue weighted by Crippen LogP contribution is 2.41. The van der Waals surface area contributed by atoms with E-state index in [4.69, 9.17) is 9.47 Å². The Morgan fingerprint density at radius 1 is 1.21 bits per heavy atom. The van der Waals surface area contributed by atoms with Crippen LogP contribution in [0.4, 0.5) is 0 Å². The Balaban J connectivity index is 2.25. The fourth-order valence-corrected chi connectivity index (χ4v) is 2.59. The highest BCUT2D eigenvalue weighted by atomic mass is 16.5. The van der Waals surface area contributed by atoms with Crippen molar-refractivity contribution in [2.24, 2.45) is 0 Å². The lowest BCUT2D eigenvalue weighted by atomic mass is 9.89. The molecule has 100 valence electrons. The van der Waals surface area contributed by atoms with Crippen LogP contribution in [-0.2, 0) is 6.42 Å². The van der Waals surface area contributed by atoms with Gasteiger partial charge in [0.1, 0.15) is 17.1 Å². The van der Waals surface area contributed by atoms with Gasteiger partial charge in [0.2, 0.25) is 0 Å². The Morgan fingerprint density at radius 2 is 2.00 bits per heavy atom.